The van der Waals surface area contributed by atoms with Crippen molar-refractivity contribution < 1.29 is 14.6 Å². The topological polar surface area (TPSA) is 92.3 Å². The predicted octanol–water partition coefficient (Wildman–Crippen LogP) is -0.0394. The third-order valence-electron chi connectivity index (χ3n) is 1.61. The number of H-pyrrole nitrogens is 1. The number of hydrogen-bond acceptors (Lipinski definition) is 5. The lowest BCUT2D eigenvalue weighted by atomic mass is 10.2. The van der Waals surface area contributed by atoms with Crippen molar-refractivity contribution in [2.24, 2.45) is 0 Å². The standard InChI is InChI=1S/C8H10N2O4/c1-3-14-8(13)5-6(11)4(2)9-10-7(5)12/h3H2,1-2H3,(H2,10,11,12). The van der Waals surface area contributed by atoms with E-state index in [0.717, 1.165) is 0 Å². The number of aryl methyl sites for hydroxylation is 1. The van der Waals surface area contributed by atoms with Crippen LogP contribution in [0.25, 0.3) is 0 Å². The summed E-state index contributed by atoms with van der Waals surface area (Å²) in [5.41, 5.74) is -0.987. The SMILES string of the molecule is CCOC(=O)c1c(O)c(C)n[nH]c1=O. The minimum atomic E-state index is -0.850. The molecule has 0 unspecified atom stereocenters. The highest BCUT2D eigenvalue weighted by molar-refractivity contribution is 5.92. The second kappa shape index (κ2) is 3.91. The molecule has 1 aromatic rings. The Labute approximate surface area is 79.5 Å². The van der Waals surface area contributed by atoms with Gasteiger partial charge in [0.15, 0.2) is 11.3 Å². The number of rotatable bonds is 2. The van der Waals surface area contributed by atoms with E-state index in [-0.39, 0.29) is 12.3 Å². The minimum Gasteiger partial charge on any atom is -0.505 e. The summed E-state index contributed by atoms with van der Waals surface area (Å²) in [6, 6.07) is 0. The molecule has 0 fully saturated rings. The number of ether oxygens (including phenoxy) is 1. The second-order valence-corrected chi connectivity index (χ2v) is 2.58. The van der Waals surface area contributed by atoms with Gasteiger partial charge in [0.05, 0.1) is 6.61 Å². The molecule has 0 saturated carbocycles. The monoisotopic (exact) mass is 198 g/mol. The molecule has 1 rings (SSSR count). The van der Waals surface area contributed by atoms with Gasteiger partial charge in [-0.2, -0.15) is 5.10 Å². The van der Waals surface area contributed by atoms with Crippen molar-refractivity contribution in [1.82, 2.24) is 10.2 Å². The molecule has 1 aromatic heterocycles. The van der Waals surface area contributed by atoms with Crippen LogP contribution in [0.5, 0.6) is 5.75 Å². The minimum absolute atomic E-state index is 0.138. The van der Waals surface area contributed by atoms with E-state index >= 15 is 0 Å². The lowest BCUT2D eigenvalue weighted by Gasteiger charge is -2.03. The molecule has 0 aliphatic heterocycles. The molecule has 0 radical (unpaired) electrons. The van der Waals surface area contributed by atoms with E-state index in [2.05, 4.69) is 14.9 Å². The van der Waals surface area contributed by atoms with Crippen molar-refractivity contribution >= 4 is 5.97 Å². The number of aromatic hydroxyl groups is 1. The highest BCUT2D eigenvalue weighted by Gasteiger charge is 2.19. The van der Waals surface area contributed by atoms with Gasteiger partial charge >= 0.3 is 5.97 Å². The van der Waals surface area contributed by atoms with Crippen molar-refractivity contribution in [3.63, 3.8) is 0 Å². The van der Waals surface area contributed by atoms with Crippen molar-refractivity contribution in [1.29, 1.82) is 0 Å². The first-order chi connectivity index (χ1) is 6.57. The number of hydrogen-bond donors (Lipinski definition) is 2. The molecule has 14 heavy (non-hydrogen) atoms. The van der Waals surface area contributed by atoms with Gasteiger partial charge in [0, 0.05) is 0 Å². The summed E-state index contributed by atoms with van der Waals surface area (Å²) >= 11 is 0. The third kappa shape index (κ3) is 1.73. The van der Waals surface area contributed by atoms with Gasteiger partial charge < -0.3 is 9.84 Å². The Kier molecular flexibility index (Phi) is 2.85. The lowest BCUT2D eigenvalue weighted by molar-refractivity contribution is 0.0520. The third-order valence-corrected chi connectivity index (χ3v) is 1.61. The first kappa shape index (κ1) is 10.2. The van der Waals surface area contributed by atoms with Gasteiger partial charge in [-0.25, -0.2) is 9.89 Å². The molecule has 76 valence electrons. The number of aromatic nitrogens is 2. The number of carbonyl (C=O) groups excluding carboxylic acids is 1. The quantitative estimate of drug-likeness (QED) is 0.650. The predicted molar refractivity (Wildman–Crippen MR) is 47.2 cm³/mol. The van der Waals surface area contributed by atoms with Crippen LogP contribution in [-0.4, -0.2) is 27.9 Å². The molecule has 6 heteroatoms. The zero-order valence-corrected chi connectivity index (χ0v) is 7.83. The first-order valence-electron chi connectivity index (χ1n) is 4.03. The number of esters is 1. The molecule has 0 amide bonds. The summed E-state index contributed by atoms with van der Waals surface area (Å²) in [5, 5.41) is 15.0. The molecular formula is C8H10N2O4. The van der Waals surface area contributed by atoms with E-state index in [9.17, 15) is 14.7 Å². The van der Waals surface area contributed by atoms with Crippen LogP contribution in [0.2, 0.25) is 0 Å². The molecule has 0 saturated heterocycles. The van der Waals surface area contributed by atoms with Gasteiger partial charge in [-0.1, -0.05) is 0 Å². The molecule has 0 spiro atoms. The van der Waals surface area contributed by atoms with E-state index in [1.807, 2.05) is 0 Å². The van der Waals surface area contributed by atoms with Crippen LogP contribution in [0, 0.1) is 6.92 Å². The summed E-state index contributed by atoms with van der Waals surface area (Å²) < 4.78 is 4.60. The van der Waals surface area contributed by atoms with Gasteiger partial charge in [0.2, 0.25) is 0 Å². The normalized spacial score (nSPS) is 9.86. The van der Waals surface area contributed by atoms with Crippen LogP contribution in [0.3, 0.4) is 0 Å². The Morgan fingerprint density at radius 1 is 1.64 bits per heavy atom. The number of carbonyl (C=O) groups is 1. The Hall–Kier alpha value is -1.85. The van der Waals surface area contributed by atoms with E-state index in [1.54, 1.807) is 6.92 Å². The molecule has 0 atom stereocenters. The Morgan fingerprint density at radius 2 is 2.29 bits per heavy atom. The molecule has 2 N–H and O–H groups in total. The van der Waals surface area contributed by atoms with Gasteiger partial charge in [0.25, 0.3) is 5.56 Å². The summed E-state index contributed by atoms with van der Waals surface area (Å²) in [5.74, 6) is -1.29. The van der Waals surface area contributed by atoms with Crippen LogP contribution >= 0.6 is 0 Å². The highest BCUT2D eigenvalue weighted by atomic mass is 16.5. The van der Waals surface area contributed by atoms with E-state index in [1.165, 1.54) is 6.92 Å². The average molecular weight is 198 g/mol. The number of aromatic amines is 1. The molecule has 6 nitrogen and oxygen atoms in total. The zero-order valence-electron chi connectivity index (χ0n) is 7.83. The van der Waals surface area contributed by atoms with Crippen LogP contribution in [0.1, 0.15) is 23.0 Å². The van der Waals surface area contributed by atoms with E-state index in [0.29, 0.717) is 0 Å². The van der Waals surface area contributed by atoms with Crippen molar-refractivity contribution in [2.75, 3.05) is 6.61 Å². The number of nitrogens with zero attached hydrogens (tertiary/aromatic N) is 1. The van der Waals surface area contributed by atoms with Crippen molar-refractivity contribution in [2.45, 2.75) is 13.8 Å². The van der Waals surface area contributed by atoms with Crippen molar-refractivity contribution in [3.8, 4) is 5.75 Å². The molecule has 0 aliphatic rings. The maximum absolute atomic E-state index is 11.2. The molecular weight excluding hydrogens is 188 g/mol. The summed E-state index contributed by atoms with van der Waals surface area (Å²) in [6.45, 7) is 3.21. The molecule has 0 aromatic carbocycles. The smallest absolute Gasteiger partial charge is 0.347 e. The van der Waals surface area contributed by atoms with Crippen LogP contribution in [0.15, 0.2) is 4.79 Å². The fourth-order valence-corrected chi connectivity index (χ4v) is 0.925. The first-order valence-corrected chi connectivity index (χ1v) is 4.03. The second-order valence-electron chi connectivity index (χ2n) is 2.58. The van der Waals surface area contributed by atoms with Crippen LogP contribution in [0.4, 0.5) is 0 Å². The number of nitrogens with one attached hydrogen (secondary N) is 1. The van der Waals surface area contributed by atoms with Gasteiger partial charge in [-0.15, -0.1) is 0 Å². The summed E-state index contributed by atoms with van der Waals surface area (Å²) in [4.78, 5) is 22.3. The average Bonchev–Trinajstić information content (AvgIpc) is 2.13. The maximum Gasteiger partial charge on any atom is 0.347 e. The summed E-state index contributed by atoms with van der Waals surface area (Å²) in [7, 11) is 0. The van der Waals surface area contributed by atoms with E-state index < -0.39 is 22.8 Å². The van der Waals surface area contributed by atoms with E-state index in [4.69, 9.17) is 0 Å². The fraction of sp³-hybridized carbons (Fsp3) is 0.375. The maximum atomic E-state index is 11.2. The van der Waals surface area contributed by atoms with Gasteiger partial charge in [0.1, 0.15) is 5.69 Å². The molecule has 0 bridgehead atoms. The highest BCUT2D eigenvalue weighted by Crippen LogP contribution is 2.15. The largest absolute Gasteiger partial charge is 0.505 e. The Morgan fingerprint density at radius 3 is 2.86 bits per heavy atom. The van der Waals surface area contributed by atoms with Gasteiger partial charge in [-0.05, 0) is 13.8 Å². The lowest BCUT2D eigenvalue weighted by Crippen LogP contribution is -2.21. The Bertz CT molecular complexity index is 410. The summed E-state index contributed by atoms with van der Waals surface area (Å²) in [6.07, 6.45) is 0. The van der Waals surface area contributed by atoms with Gasteiger partial charge in [-0.3, -0.25) is 4.79 Å². The van der Waals surface area contributed by atoms with Crippen LogP contribution < -0.4 is 5.56 Å². The van der Waals surface area contributed by atoms with Crippen LogP contribution in [-0.2, 0) is 4.74 Å². The zero-order chi connectivity index (χ0) is 10.7. The fourth-order valence-electron chi connectivity index (χ4n) is 0.925. The molecule has 1 heterocycles. The Balaban J connectivity index is 3.26. The van der Waals surface area contributed by atoms with Crippen molar-refractivity contribution in [3.05, 3.63) is 21.6 Å². The molecule has 0 aliphatic carbocycles.